The number of carbonyl (C=O) groups is 2. The van der Waals surface area contributed by atoms with Gasteiger partial charge in [-0.05, 0) is 95.7 Å². The normalized spacial score (nSPS) is 14.3. The Morgan fingerprint density at radius 3 is 1.50 bits per heavy atom. The van der Waals surface area contributed by atoms with Crippen LogP contribution >= 0.6 is 0 Å². The maximum atomic E-state index is 12.3. The minimum atomic E-state index is -3.47. The Labute approximate surface area is 443 Å². The largest absolute Gasteiger partial charge is 0.478 e. The third-order valence-electron chi connectivity index (χ3n) is 13.2. The van der Waals surface area contributed by atoms with Gasteiger partial charge >= 0.3 is 5.97 Å². The van der Waals surface area contributed by atoms with Crippen molar-refractivity contribution in [1.29, 1.82) is 10.5 Å². The highest BCUT2D eigenvalue weighted by Crippen LogP contribution is 2.31. The molecule has 2 aliphatic carbocycles. The lowest BCUT2D eigenvalue weighted by atomic mass is 9.96. The molecule has 7 aromatic rings. The van der Waals surface area contributed by atoms with Gasteiger partial charge in [0.05, 0.1) is 75.8 Å². The number of aryl methyl sites for hydroxylation is 3. The third kappa shape index (κ3) is 15.4. The van der Waals surface area contributed by atoms with Crippen LogP contribution in [0.4, 0.5) is 23.3 Å². The maximum Gasteiger partial charge on any atom is 0.335 e. The quantitative estimate of drug-likeness (QED) is 0.0499. The molecule has 0 unspecified atom stereocenters. The predicted octanol–water partition coefficient (Wildman–Crippen LogP) is 11.2. The summed E-state index contributed by atoms with van der Waals surface area (Å²) in [6.45, 7) is 8.92. The first kappa shape index (κ1) is 57.1. The molecule has 4 aromatic heterocycles. The Hall–Kier alpha value is -8.17. The van der Waals surface area contributed by atoms with E-state index in [0.717, 1.165) is 50.6 Å². The number of rotatable bonds is 14. The van der Waals surface area contributed by atoms with E-state index in [1.54, 1.807) is 80.1 Å². The Morgan fingerprint density at radius 2 is 1.09 bits per heavy atom. The number of hydrogen-bond acceptors (Lipinski definition) is 16. The van der Waals surface area contributed by atoms with E-state index < -0.39 is 21.1 Å². The SMILES string of the molecule is Cc1ccc(S(=O)(=O)[C@@H](C)C#N)cc1.Cc1cnc(Nc2cnn(C3CCCCC3)c2)nc1-c1ccc(C(=O)C[C@@H](C)C#N)cc1.Cc1cnc(Nc2cnn(C3CCCCC3)c2)nc1-c1ccc(C(=O)O)cc1.NO. The number of hydrogen-bond donors (Lipinski definition) is 5. The first-order valence-corrected chi connectivity index (χ1v) is 26.8. The number of benzene rings is 3. The van der Waals surface area contributed by atoms with Crippen molar-refractivity contribution >= 4 is 44.9 Å². The zero-order valence-corrected chi connectivity index (χ0v) is 44.3. The van der Waals surface area contributed by atoms with Crippen LogP contribution in [0.3, 0.4) is 0 Å². The number of nitriles is 2. The number of Topliss-reactive ketones (excluding diaryl/α,β-unsaturated/α-hetero) is 1. The lowest BCUT2D eigenvalue weighted by molar-refractivity contribution is 0.0696. The van der Waals surface area contributed by atoms with Gasteiger partial charge in [0.2, 0.25) is 11.9 Å². The van der Waals surface area contributed by atoms with Crippen LogP contribution in [0.15, 0.2) is 115 Å². The second-order valence-electron chi connectivity index (χ2n) is 18.9. The number of nitrogens with two attached hydrogens (primary N) is 1. The summed E-state index contributed by atoms with van der Waals surface area (Å²) < 4.78 is 27.4. The molecule has 9 rings (SSSR count). The molecule has 396 valence electrons. The van der Waals surface area contributed by atoms with Crippen LogP contribution in [0, 0.1) is 49.4 Å². The van der Waals surface area contributed by atoms with Crippen molar-refractivity contribution in [1.82, 2.24) is 39.5 Å². The van der Waals surface area contributed by atoms with Crippen LogP contribution in [0.25, 0.3) is 22.5 Å². The molecule has 0 aliphatic heterocycles. The van der Waals surface area contributed by atoms with E-state index in [-0.39, 0.29) is 28.6 Å². The molecule has 0 spiro atoms. The van der Waals surface area contributed by atoms with Crippen molar-refractivity contribution in [2.45, 2.75) is 127 Å². The van der Waals surface area contributed by atoms with Gasteiger partial charge in [0.25, 0.3) is 0 Å². The third-order valence-corrected chi connectivity index (χ3v) is 15.1. The molecule has 2 fully saturated rings. The van der Waals surface area contributed by atoms with E-state index in [1.807, 2.05) is 56.2 Å². The van der Waals surface area contributed by atoms with Gasteiger partial charge in [0, 0.05) is 47.9 Å². The van der Waals surface area contributed by atoms with Crippen LogP contribution in [0.2, 0.25) is 0 Å². The maximum absolute atomic E-state index is 12.3. The Balaban J connectivity index is 0.000000194. The fourth-order valence-corrected chi connectivity index (χ4v) is 9.83. The standard InChI is InChI=1S/C25H28N6O.C21H23N5O2.C10H11NO2S.H3NO/c1-17(13-26)12-23(32)19-8-10-20(11-9-19)24-18(2)14-27-25(30-24)29-21-15-28-31(16-21)22-6-4-3-5-7-22;1-14-11-22-21(25-19(14)15-7-9-16(10-8-15)20(27)28)24-17-12-23-26(13-17)18-5-3-2-4-6-18;1-8-3-5-10(6-4-8)14(12,13)9(2)7-11;1-2/h8-11,14-17,22H,3-7,12H2,1-2H3,(H,27,29,30);7-13,18H,2-6H2,1H3,(H,27,28)(H,22,24,25);3-6,9H,1-2H3;2H,1H2/t17-;;9-;/m1.0./s1. The highest BCUT2D eigenvalue weighted by molar-refractivity contribution is 7.92. The minimum Gasteiger partial charge on any atom is -0.478 e. The van der Waals surface area contributed by atoms with E-state index in [0.29, 0.717) is 29.5 Å². The molecule has 6 N–H and O–H groups in total. The molecule has 3 aromatic carbocycles. The highest BCUT2D eigenvalue weighted by atomic mass is 32.2. The van der Waals surface area contributed by atoms with E-state index in [4.69, 9.17) is 25.8 Å². The molecule has 0 saturated heterocycles. The second kappa shape index (κ2) is 27.4. The summed E-state index contributed by atoms with van der Waals surface area (Å²) in [4.78, 5) is 41.7. The fraction of sp³-hybridized carbons (Fsp3) is 0.357. The minimum absolute atomic E-state index is 0.0256. The lowest BCUT2D eigenvalue weighted by Gasteiger charge is -2.21. The highest BCUT2D eigenvalue weighted by Gasteiger charge is 2.23. The summed E-state index contributed by atoms with van der Waals surface area (Å²) in [5, 5.41) is 47.6. The first-order chi connectivity index (χ1) is 36.6. The van der Waals surface area contributed by atoms with Crippen molar-refractivity contribution in [2.24, 2.45) is 11.8 Å². The number of nitrogens with zero attached hydrogens (tertiary/aromatic N) is 10. The number of ketones is 1. The van der Waals surface area contributed by atoms with Crippen molar-refractivity contribution in [3.05, 3.63) is 138 Å². The molecular weight excluding hydrogens is 983 g/mol. The van der Waals surface area contributed by atoms with Crippen LogP contribution in [0.5, 0.6) is 0 Å². The summed E-state index contributed by atoms with van der Waals surface area (Å²) in [5.41, 5.74) is 8.81. The molecule has 0 radical (unpaired) electrons. The molecule has 4 heterocycles. The van der Waals surface area contributed by atoms with Crippen molar-refractivity contribution in [3.8, 4) is 34.7 Å². The van der Waals surface area contributed by atoms with Gasteiger partial charge in [-0.3, -0.25) is 14.2 Å². The van der Waals surface area contributed by atoms with Crippen LogP contribution in [0.1, 0.15) is 134 Å². The number of sulfone groups is 1. The zero-order chi connectivity index (χ0) is 54.8. The van der Waals surface area contributed by atoms with Gasteiger partial charge < -0.3 is 20.9 Å². The predicted molar refractivity (Wildman–Crippen MR) is 290 cm³/mol. The summed E-state index contributed by atoms with van der Waals surface area (Å²) in [5.74, 6) is 3.25. The van der Waals surface area contributed by atoms with Crippen molar-refractivity contribution in [3.63, 3.8) is 0 Å². The van der Waals surface area contributed by atoms with Gasteiger partial charge in [0.1, 0.15) is 5.25 Å². The molecule has 2 atom stereocenters. The van der Waals surface area contributed by atoms with Gasteiger partial charge in [-0.2, -0.15) is 20.7 Å². The Morgan fingerprint density at radius 1 is 0.658 bits per heavy atom. The monoisotopic (exact) mass is 1050 g/mol. The van der Waals surface area contributed by atoms with Crippen LogP contribution in [-0.2, 0) is 9.84 Å². The summed E-state index contributed by atoms with van der Waals surface area (Å²) in [6.07, 6.45) is 23.9. The average molecular weight is 1050 g/mol. The van der Waals surface area contributed by atoms with E-state index in [9.17, 15) is 18.0 Å². The van der Waals surface area contributed by atoms with Gasteiger partial charge in [-0.1, -0.05) is 92.6 Å². The smallest absolute Gasteiger partial charge is 0.335 e. The number of carboxylic acids is 1. The number of anilines is 4. The lowest BCUT2D eigenvalue weighted by Crippen LogP contribution is -2.15. The van der Waals surface area contributed by atoms with Crippen molar-refractivity contribution in [2.75, 3.05) is 10.6 Å². The van der Waals surface area contributed by atoms with E-state index >= 15 is 0 Å². The molecule has 76 heavy (non-hydrogen) atoms. The van der Waals surface area contributed by atoms with Crippen LogP contribution in [-0.4, -0.2) is 75.2 Å². The Kier molecular flexibility index (Phi) is 20.6. The van der Waals surface area contributed by atoms with E-state index in [2.05, 4.69) is 52.4 Å². The van der Waals surface area contributed by atoms with E-state index in [1.165, 1.54) is 83.3 Å². The number of aromatic nitrogens is 8. The number of aromatic carboxylic acids is 1. The topological polar surface area (TPSA) is 294 Å². The summed E-state index contributed by atoms with van der Waals surface area (Å²) >= 11 is 0. The molecule has 19 nitrogen and oxygen atoms in total. The Bertz CT molecular complexity index is 3230. The second-order valence-corrected chi connectivity index (χ2v) is 21.2. The van der Waals surface area contributed by atoms with Gasteiger partial charge in [-0.15, -0.1) is 0 Å². The van der Waals surface area contributed by atoms with Crippen molar-refractivity contribution < 1.29 is 28.3 Å². The van der Waals surface area contributed by atoms with Crippen LogP contribution < -0.4 is 16.5 Å². The molecule has 0 bridgehead atoms. The number of carbonyl (C=O) groups excluding carboxylic acids is 1. The summed E-state index contributed by atoms with van der Waals surface area (Å²) in [6, 6.07) is 25.4. The number of nitrogens with one attached hydrogen (secondary N) is 2. The molecule has 20 heteroatoms. The molecule has 2 saturated carbocycles. The zero-order valence-electron chi connectivity index (χ0n) is 43.5. The van der Waals surface area contributed by atoms with Gasteiger partial charge in [0.15, 0.2) is 15.6 Å². The number of carboxylic acid groups (broad SMARTS) is 1. The molecule has 0 amide bonds. The molecule has 2 aliphatic rings. The molecular formula is C56H65N13O6S. The fourth-order valence-electron chi connectivity index (χ4n) is 8.77. The first-order valence-electron chi connectivity index (χ1n) is 25.2. The average Bonchev–Trinajstić information content (AvgIpc) is 4.13. The summed E-state index contributed by atoms with van der Waals surface area (Å²) in [7, 11) is -3.47. The van der Waals surface area contributed by atoms with Gasteiger partial charge in [-0.25, -0.2) is 39.0 Å².